The van der Waals surface area contributed by atoms with Crippen molar-refractivity contribution in [1.82, 2.24) is 14.8 Å². The molecule has 27 heavy (non-hydrogen) atoms. The number of methoxy groups -OCH3 is 1. The van der Waals surface area contributed by atoms with Crippen LogP contribution >= 0.6 is 0 Å². The van der Waals surface area contributed by atoms with Gasteiger partial charge in [0.2, 0.25) is 0 Å². The first-order chi connectivity index (χ1) is 13.2. The van der Waals surface area contributed by atoms with Crippen molar-refractivity contribution in [3.8, 4) is 11.5 Å². The Morgan fingerprint density at radius 2 is 2.04 bits per heavy atom. The van der Waals surface area contributed by atoms with Crippen LogP contribution in [0.25, 0.3) is 0 Å². The molecule has 1 aromatic heterocycles. The van der Waals surface area contributed by atoms with Crippen LogP contribution in [-0.4, -0.2) is 60.6 Å². The molecule has 2 aromatic rings. The fourth-order valence-electron chi connectivity index (χ4n) is 3.11. The molecular formula is C21H25N3O3. The minimum Gasteiger partial charge on any atom is -0.493 e. The summed E-state index contributed by atoms with van der Waals surface area (Å²) in [4.78, 5) is 21.2. The lowest BCUT2D eigenvalue weighted by atomic mass is 10.1. The molecule has 0 spiro atoms. The molecule has 2 heterocycles. The van der Waals surface area contributed by atoms with Gasteiger partial charge in [0.15, 0.2) is 11.5 Å². The average molecular weight is 367 g/mol. The van der Waals surface area contributed by atoms with E-state index in [1.54, 1.807) is 37.6 Å². The van der Waals surface area contributed by atoms with Gasteiger partial charge in [0.05, 0.1) is 7.11 Å². The number of hydrogen-bond acceptors (Lipinski definition) is 5. The Labute approximate surface area is 160 Å². The number of hydrogen-bond donors (Lipinski definition) is 0. The molecule has 1 saturated heterocycles. The Morgan fingerprint density at radius 3 is 2.70 bits per heavy atom. The summed E-state index contributed by atoms with van der Waals surface area (Å²) in [6, 6.07) is 9.32. The number of rotatable bonds is 7. The zero-order chi connectivity index (χ0) is 19.1. The second-order valence-electron chi connectivity index (χ2n) is 6.39. The number of amides is 1. The third-order valence-electron chi connectivity index (χ3n) is 4.56. The van der Waals surface area contributed by atoms with E-state index < -0.39 is 0 Å². The number of carbonyl (C=O) groups is 1. The summed E-state index contributed by atoms with van der Waals surface area (Å²) < 4.78 is 10.9. The van der Waals surface area contributed by atoms with Gasteiger partial charge < -0.3 is 14.4 Å². The zero-order valence-electron chi connectivity index (χ0n) is 15.6. The highest BCUT2D eigenvalue weighted by Crippen LogP contribution is 2.28. The molecule has 0 bridgehead atoms. The van der Waals surface area contributed by atoms with Gasteiger partial charge in [-0.2, -0.15) is 0 Å². The Kier molecular flexibility index (Phi) is 6.44. The largest absolute Gasteiger partial charge is 0.493 e. The van der Waals surface area contributed by atoms with Crippen molar-refractivity contribution in [2.24, 2.45) is 0 Å². The molecule has 6 heteroatoms. The second kappa shape index (κ2) is 9.19. The topological polar surface area (TPSA) is 54.9 Å². The first-order valence-electron chi connectivity index (χ1n) is 9.03. The molecule has 0 aliphatic carbocycles. The zero-order valence-corrected chi connectivity index (χ0v) is 15.6. The summed E-state index contributed by atoms with van der Waals surface area (Å²) in [6.07, 6.45) is 5.34. The Hall–Kier alpha value is -2.86. The number of carbonyl (C=O) groups excluding carboxylic acids is 1. The number of aromatic nitrogens is 1. The first-order valence-corrected chi connectivity index (χ1v) is 9.03. The normalized spacial score (nSPS) is 14.6. The van der Waals surface area contributed by atoms with Crippen molar-refractivity contribution in [2.75, 3.05) is 39.9 Å². The standard InChI is InChI=1S/C21H25N3O3/c1-3-13-27-19-7-6-18(14-20(19)26-2)21(25)24-11-9-23(10-12-24)16-17-5-4-8-22-15-17/h3-8,14-15H,1,9-13,16H2,2H3. The third-order valence-corrected chi connectivity index (χ3v) is 4.56. The van der Waals surface area contributed by atoms with E-state index in [2.05, 4.69) is 22.5 Å². The predicted molar refractivity (Wildman–Crippen MR) is 104 cm³/mol. The van der Waals surface area contributed by atoms with Gasteiger partial charge in [0, 0.05) is 50.7 Å². The Bertz CT molecular complexity index is 771. The molecule has 142 valence electrons. The number of piperazine rings is 1. The van der Waals surface area contributed by atoms with E-state index in [1.807, 2.05) is 17.2 Å². The van der Waals surface area contributed by atoms with Crippen LogP contribution in [-0.2, 0) is 6.54 Å². The van der Waals surface area contributed by atoms with Crippen molar-refractivity contribution in [1.29, 1.82) is 0 Å². The van der Waals surface area contributed by atoms with Crippen LogP contribution in [0.4, 0.5) is 0 Å². The fourth-order valence-corrected chi connectivity index (χ4v) is 3.11. The molecule has 1 fully saturated rings. The van der Waals surface area contributed by atoms with Crippen LogP contribution in [0, 0.1) is 0 Å². The van der Waals surface area contributed by atoms with Crippen LogP contribution in [0.3, 0.4) is 0 Å². The van der Waals surface area contributed by atoms with Crippen LogP contribution in [0.1, 0.15) is 15.9 Å². The van der Waals surface area contributed by atoms with Crippen LogP contribution in [0.15, 0.2) is 55.4 Å². The van der Waals surface area contributed by atoms with E-state index in [0.29, 0.717) is 36.8 Å². The van der Waals surface area contributed by atoms with E-state index in [9.17, 15) is 4.79 Å². The fraction of sp³-hybridized carbons (Fsp3) is 0.333. The maximum Gasteiger partial charge on any atom is 0.254 e. The molecule has 0 radical (unpaired) electrons. The van der Waals surface area contributed by atoms with Gasteiger partial charge in [-0.3, -0.25) is 14.7 Å². The molecule has 6 nitrogen and oxygen atoms in total. The van der Waals surface area contributed by atoms with E-state index in [-0.39, 0.29) is 5.91 Å². The van der Waals surface area contributed by atoms with E-state index in [1.165, 1.54) is 5.56 Å². The smallest absolute Gasteiger partial charge is 0.254 e. The van der Waals surface area contributed by atoms with Gasteiger partial charge in [-0.15, -0.1) is 0 Å². The van der Waals surface area contributed by atoms with Gasteiger partial charge in [-0.05, 0) is 29.8 Å². The molecule has 0 unspecified atom stereocenters. The first kappa shape index (κ1) is 18.9. The van der Waals surface area contributed by atoms with Gasteiger partial charge >= 0.3 is 0 Å². The van der Waals surface area contributed by atoms with Crippen molar-refractivity contribution in [2.45, 2.75) is 6.54 Å². The summed E-state index contributed by atoms with van der Waals surface area (Å²) in [6.45, 7) is 7.99. The molecule has 1 aliphatic heterocycles. The van der Waals surface area contributed by atoms with Crippen LogP contribution < -0.4 is 9.47 Å². The third kappa shape index (κ3) is 4.86. The van der Waals surface area contributed by atoms with Crippen LogP contribution in [0.5, 0.6) is 11.5 Å². The average Bonchev–Trinajstić information content (AvgIpc) is 2.73. The highest BCUT2D eigenvalue weighted by atomic mass is 16.5. The number of nitrogens with zero attached hydrogens (tertiary/aromatic N) is 3. The highest BCUT2D eigenvalue weighted by molar-refractivity contribution is 5.95. The molecule has 3 rings (SSSR count). The summed E-state index contributed by atoms with van der Waals surface area (Å²) in [7, 11) is 1.57. The molecule has 0 N–H and O–H groups in total. The van der Waals surface area contributed by atoms with Crippen molar-refractivity contribution in [3.05, 3.63) is 66.5 Å². The molecule has 1 aliphatic rings. The van der Waals surface area contributed by atoms with E-state index >= 15 is 0 Å². The maximum atomic E-state index is 12.8. The lowest BCUT2D eigenvalue weighted by molar-refractivity contribution is 0.0628. The number of ether oxygens (including phenoxy) is 2. The van der Waals surface area contributed by atoms with E-state index in [4.69, 9.17) is 9.47 Å². The summed E-state index contributed by atoms with van der Waals surface area (Å²) in [5, 5.41) is 0. The highest BCUT2D eigenvalue weighted by Gasteiger charge is 2.23. The molecule has 0 saturated carbocycles. The van der Waals surface area contributed by atoms with Crippen molar-refractivity contribution >= 4 is 5.91 Å². The van der Waals surface area contributed by atoms with Gasteiger partial charge in [-0.1, -0.05) is 18.7 Å². The van der Waals surface area contributed by atoms with Gasteiger partial charge in [-0.25, -0.2) is 0 Å². The molecule has 1 aromatic carbocycles. The van der Waals surface area contributed by atoms with Crippen LogP contribution in [0.2, 0.25) is 0 Å². The summed E-state index contributed by atoms with van der Waals surface area (Å²) in [5.41, 5.74) is 1.80. The lowest BCUT2D eigenvalue weighted by Gasteiger charge is -2.34. The number of benzene rings is 1. The molecule has 1 amide bonds. The van der Waals surface area contributed by atoms with Gasteiger partial charge in [0.1, 0.15) is 6.61 Å². The molecular weight excluding hydrogens is 342 g/mol. The summed E-state index contributed by atoms with van der Waals surface area (Å²) >= 11 is 0. The van der Waals surface area contributed by atoms with Crippen molar-refractivity contribution < 1.29 is 14.3 Å². The predicted octanol–water partition coefficient (Wildman–Crippen LogP) is 2.61. The second-order valence-corrected chi connectivity index (χ2v) is 6.39. The summed E-state index contributed by atoms with van der Waals surface area (Å²) in [5.74, 6) is 1.18. The lowest BCUT2D eigenvalue weighted by Crippen LogP contribution is -2.48. The minimum absolute atomic E-state index is 0.0181. The molecule has 0 atom stereocenters. The maximum absolute atomic E-state index is 12.8. The Morgan fingerprint density at radius 1 is 1.22 bits per heavy atom. The minimum atomic E-state index is 0.0181. The monoisotopic (exact) mass is 367 g/mol. The van der Waals surface area contributed by atoms with Gasteiger partial charge in [0.25, 0.3) is 5.91 Å². The number of pyridine rings is 1. The van der Waals surface area contributed by atoms with E-state index in [0.717, 1.165) is 19.6 Å². The Balaban J connectivity index is 1.59. The SMILES string of the molecule is C=CCOc1ccc(C(=O)N2CCN(Cc3cccnc3)CC2)cc1OC. The quantitative estimate of drug-likeness (QED) is 0.704. The van der Waals surface area contributed by atoms with Crippen molar-refractivity contribution in [3.63, 3.8) is 0 Å².